The number of morpholine rings is 1. The van der Waals surface area contributed by atoms with Crippen molar-refractivity contribution in [3.8, 4) is 11.1 Å². The van der Waals surface area contributed by atoms with Crippen LogP contribution in [0.25, 0.3) is 11.1 Å². The van der Waals surface area contributed by atoms with Crippen LogP contribution in [0.1, 0.15) is 9.67 Å². The van der Waals surface area contributed by atoms with E-state index in [1.165, 1.54) is 0 Å². The summed E-state index contributed by atoms with van der Waals surface area (Å²) in [5, 5.41) is 1.14. The SMILES string of the molecule is CN(C)CCN(C)C(=O)c1cc(-c2ccncc2)c(N2CCOCC2)s1. The number of likely N-dealkylation sites (N-methyl/N-ethyl adjacent to an activating group) is 2. The van der Waals surface area contributed by atoms with Crippen LogP contribution in [0.3, 0.4) is 0 Å². The van der Waals surface area contributed by atoms with Gasteiger partial charge in [0.25, 0.3) is 5.91 Å². The molecule has 0 atom stereocenters. The molecule has 2 aromatic rings. The fraction of sp³-hybridized carbons (Fsp3) is 0.474. The zero-order valence-electron chi connectivity index (χ0n) is 15.6. The summed E-state index contributed by atoms with van der Waals surface area (Å²) >= 11 is 1.58. The second kappa shape index (κ2) is 8.62. The van der Waals surface area contributed by atoms with E-state index in [1.54, 1.807) is 28.6 Å². The number of ether oxygens (including phenoxy) is 1. The van der Waals surface area contributed by atoms with E-state index in [0.29, 0.717) is 6.54 Å². The molecule has 1 aliphatic heterocycles. The van der Waals surface area contributed by atoms with Gasteiger partial charge in [0.05, 0.1) is 23.1 Å². The fourth-order valence-corrected chi connectivity index (χ4v) is 4.09. The predicted octanol–water partition coefficient (Wildman–Crippen LogP) is 2.28. The van der Waals surface area contributed by atoms with E-state index in [1.807, 2.05) is 39.3 Å². The van der Waals surface area contributed by atoms with Crippen molar-refractivity contribution in [2.24, 2.45) is 0 Å². The second-order valence-electron chi connectivity index (χ2n) is 6.69. The lowest BCUT2D eigenvalue weighted by molar-refractivity contribution is 0.0791. The van der Waals surface area contributed by atoms with Crippen molar-refractivity contribution in [3.63, 3.8) is 0 Å². The summed E-state index contributed by atoms with van der Waals surface area (Å²) in [6.45, 7) is 4.70. The van der Waals surface area contributed by atoms with E-state index >= 15 is 0 Å². The van der Waals surface area contributed by atoms with E-state index in [4.69, 9.17) is 4.74 Å². The van der Waals surface area contributed by atoms with E-state index in [-0.39, 0.29) is 5.91 Å². The van der Waals surface area contributed by atoms with E-state index in [2.05, 4.69) is 14.8 Å². The molecule has 0 aliphatic carbocycles. The molecule has 0 spiro atoms. The van der Waals surface area contributed by atoms with Crippen molar-refractivity contribution < 1.29 is 9.53 Å². The third-order valence-electron chi connectivity index (χ3n) is 4.44. The molecule has 26 heavy (non-hydrogen) atoms. The number of hydrogen-bond acceptors (Lipinski definition) is 6. The van der Waals surface area contributed by atoms with Crippen molar-refractivity contribution in [1.82, 2.24) is 14.8 Å². The third kappa shape index (κ3) is 4.41. The molecule has 0 N–H and O–H groups in total. The van der Waals surface area contributed by atoms with Crippen molar-refractivity contribution >= 4 is 22.2 Å². The van der Waals surface area contributed by atoms with Crippen LogP contribution >= 0.6 is 11.3 Å². The average Bonchev–Trinajstić information content (AvgIpc) is 3.12. The van der Waals surface area contributed by atoms with Crippen LogP contribution in [-0.4, -0.2) is 81.2 Å². The molecule has 7 heteroatoms. The summed E-state index contributed by atoms with van der Waals surface area (Å²) in [4.78, 5) is 24.0. The number of amides is 1. The maximum atomic E-state index is 12.9. The summed E-state index contributed by atoms with van der Waals surface area (Å²) in [5.74, 6) is 0.0756. The number of thiophene rings is 1. The topological polar surface area (TPSA) is 48.9 Å². The Morgan fingerprint density at radius 2 is 1.88 bits per heavy atom. The van der Waals surface area contributed by atoms with Crippen molar-refractivity contribution in [3.05, 3.63) is 35.5 Å². The van der Waals surface area contributed by atoms with Gasteiger partial charge in [-0.2, -0.15) is 0 Å². The van der Waals surface area contributed by atoms with Crippen LogP contribution in [0, 0.1) is 0 Å². The zero-order chi connectivity index (χ0) is 18.5. The fourth-order valence-electron chi connectivity index (χ4n) is 2.87. The Labute approximate surface area is 159 Å². The molecule has 140 valence electrons. The lowest BCUT2D eigenvalue weighted by Crippen LogP contribution is -2.36. The molecule has 1 fully saturated rings. The normalized spacial score (nSPS) is 14.7. The van der Waals surface area contributed by atoms with E-state index < -0.39 is 0 Å². The predicted molar refractivity (Wildman–Crippen MR) is 106 cm³/mol. The number of aromatic nitrogens is 1. The summed E-state index contributed by atoms with van der Waals surface area (Å²) in [7, 11) is 5.90. The first-order valence-corrected chi connectivity index (χ1v) is 9.65. The van der Waals surface area contributed by atoms with Gasteiger partial charge in [0.1, 0.15) is 0 Å². The van der Waals surface area contributed by atoms with Crippen molar-refractivity contribution in [1.29, 1.82) is 0 Å². The highest BCUT2D eigenvalue weighted by molar-refractivity contribution is 7.18. The minimum absolute atomic E-state index is 0.0756. The molecule has 0 aromatic carbocycles. The number of rotatable bonds is 6. The smallest absolute Gasteiger partial charge is 0.263 e. The summed E-state index contributed by atoms with van der Waals surface area (Å²) in [6.07, 6.45) is 3.58. The van der Waals surface area contributed by atoms with Gasteiger partial charge in [-0.05, 0) is 37.9 Å². The van der Waals surface area contributed by atoms with Gasteiger partial charge in [-0.1, -0.05) is 0 Å². The first-order valence-electron chi connectivity index (χ1n) is 8.83. The molecule has 1 saturated heterocycles. The van der Waals surface area contributed by atoms with Gasteiger partial charge < -0.3 is 19.4 Å². The Hall–Kier alpha value is -1.96. The number of nitrogens with zero attached hydrogens (tertiary/aromatic N) is 4. The van der Waals surface area contributed by atoms with Gasteiger partial charge >= 0.3 is 0 Å². The average molecular weight is 375 g/mol. The van der Waals surface area contributed by atoms with Crippen molar-refractivity contribution in [2.75, 3.05) is 65.4 Å². The van der Waals surface area contributed by atoms with Gasteiger partial charge in [-0.25, -0.2) is 0 Å². The Kier molecular flexibility index (Phi) is 6.24. The Balaban J connectivity index is 1.89. The van der Waals surface area contributed by atoms with E-state index in [9.17, 15) is 4.79 Å². The molecule has 0 unspecified atom stereocenters. The molecule has 1 aliphatic rings. The lowest BCUT2D eigenvalue weighted by atomic mass is 10.1. The van der Waals surface area contributed by atoms with Crippen LogP contribution in [0.5, 0.6) is 0 Å². The number of hydrogen-bond donors (Lipinski definition) is 0. The highest BCUT2D eigenvalue weighted by Gasteiger charge is 2.23. The highest BCUT2D eigenvalue weighted by Crippen LogP contribution is 2.39. The van der Waals surface area contributed by atoms with Gasteiger partial charge in [-0.15, -0.1) is 11.3 Å². The van der Waals surface area contributed by atoms with Crippen LogP contribution < -0.4 is 4.90 Å². The molecule has 6 nitrogen and oxygen atoms in total. The van der Waals surface area contributed by atoms with Gasteiger partial charge in [0, 0.05) is 51.2 Å². The van der Waals surface area contributed by atoms with Gasteiger partial charge in [0.2, 0.25) is 0 Å². The summed E-state index contributed by atoms with van der Waals surface area (Å²) in [5.41, 5.74) is 2.19. The van der Waals surface area contributed by atoms with Crippen molar-refractivity contribution in [2.45, 2.75) is 0 Å². The first-order chi connectivity index (χ1) is 12.6. The van der Waals surface area contributed by atoms with Crippen LogP contribution in [-0.2, 0) is 4.74 Å². The van der Waals surface area contributed by atoms with Crippen LogP contribution in [0.2, 0.25) is 0 Å². The number of carbonyl (C=O) groups is 1. The molecule has 3 rings (SSSR count). The van der Waals surface area contributed by atoms with Crippen LogP contribution in [0.4, 0.5) is 5.00 Å². The monoisotopic (exact) mass is 374 g/mol. The molecular weight excluding hydrogens is 348 g/mol. The quantitative estimate of drug-likeness (QED) is 0.776. The lowest BCUT2D eigenvalue weighted by Gasteiger charge is -2.28. The molecule has 2 aromatic heterocycles. The molecule has 0 bridgehead atoms. The Morgan fingerprint density at radius 3 is 2.54 bits per heavy atom. The summed E-state index contributed by atoms with van der Waals surface area (Å²) in [6, 6.07) is 6.02. The second-order valence-corrected chi connectivity index (χ2v) is 7.73. The highest BCUT2D eigenvalue weighted by atomic mass is 32.1. The zero-order valence-corrected chi connectivity index (χ0v) is 16.5. The maximum absolute atomic E-state index is 12.9. The third-order valence-corrected chi connectivity index (χ3v) is 5.63. The minimum atomic E-state index is 0.0756. The standard InChI is InChI=1S/C19H26N4O2S/c1-21(2)8-9-22(3)18(24)17-14-16(15-4-6-20-7-5-15)19(26-17)23-10-12-25-13-11-23/h4-7,14H,8-13H2,1-3H3. The van der Waals surface area contributed by atoms with Gasteiger partial charge in [-0.3, -0.25) is 9.78 Å². The van der Waals surface area contributed by atoms with Crippen LogP contribution in [0.15, 0.2) is 30.6 Å². The number of pyridine rings is 1. The molecule has 0 radical (unpaired) electrons. The van der Waals surface area contributed by atoms with E-state index in [0.717, 1.165) is 53.9 Å². The molecule has 1 amide bonds. The molecule has 0 saturated carbocycles. The largest absolute Gasteiger partial charge is 0.378 e. The number of carbonyl (C=O) groups excluding carboxylic acids is 1. The molecular formula is C19H26N4O2S. The Bertz CT molecular complexity index is 726. The Morgan fingerprint density at radius 1 is 1.19 bits per heavy atom. The maximum Gasteiger partial charge on any atom is 0.263 e. The molecule has 3 heterocycles. The summed E-state index contributed by atoms with van der Waals surface area (Å²) < 4.78 is 5.49. The first kappa shape index (κ1) is 18.8. The van der Waals surface area contributed by atoms with Gasteiger partial charge in [0.15, 0.2) is 0 Å². The number of anilines is 1. The minimum Gasteiger partial charge on any atom is -0.378 e.